The molecule has 0 aromatic heterocycles. The lowest BCUT2D eigenvalue weighted by Crippen LogP contribution is -2.42. The highest BCUT2D eigenvalue weighted by atomic mass is 32.2. The van der Waals surface area contributed by atoms with E-state index in [4.69, 9.17) is 0 Å². The third kappa shape index (κ3) is 5.01. The molecule has 0 unspecified atom stereocenters. The summed E-state index contributed by atoms with van der Waals surface area (Å²) < 4.78 is 0. The predicted octanol–water partition coefficient (Wildman–Crippen LogP) is 3.38. The summed E-state index contributed by atoms with van der Waals surface area (Å²) in [5.74, 6) is 3.54. The summed E-state index contributed by atoms with van der Waals surface area (Å²) in [6, 6.07) is 11.7. The van der Waals surface area contributed by atoms with Gasteiger partial charge >= 0.3 is 0 Å². The van der Waals surface area contributed by atoms with Crippen molar-refractivity contribution in [3.63, 3.8) is 0 Å². The van der Waals surface area contributed by atoms with Gasteiger partial charge in [0.15, 0.2) is 0 Å². The minimum atomic E-state index is 0.788. The monoisotopic (exact) mass is 304 g/mol. The first-order chi connectivity index (χ1) is 10.4. The largest absolute Gasteiger partial charge is 0.314 e. The molecule has 2 aliphatic rings. The van der Waals surface area contributed by atoms with Crippen LogP contribution in [0.15, 0.2) is 30.3 Å². The fourth-order valence-corrected chi connectivity index (χ4v) is 4.64. The van der Waals surface area contributed by atoms with E-state index >= 15 is 0 Å². The molecule has 1 aromatic carbocycles. The van der Waals surface area contributed by atoms with E-state index in [1.165, 1.54) is 62.4 Å². The number of nitrogens with one attached hydrogen (secondary N) is 1. The van der Waals surface area contributed by atoms with E-state index in [0.717, 1.165) is 18.5 Å². The molecule has 116 valence electrons. The molecule has 2 aliphatic heterocycles. The van der Waals surface area contributed by atoms with Crippen molar-refractivity contribution in [3.8, 4) is 0 Å². The van der Waals surface area contributed by atoms with Crippen LogP contribution >= 0.6 is 11.8 Å². The Balaban J connectivity index is 1.42. The molecule has 21 heavy (non-hydrogen) atoms. The van der Waals surface area contributed by atoms with E-state index in [1.54, 1.807) is 0 Å². The Kier molecular flexibility index (Phi) is 6.02. The second-order valence-electron chi connectivity index (χ2n) is 6.52. The van der Waals surface area contributed by atoms with Crippen molar-refractivity contribution in [1.82, 2.24) is 10.2 Å². The molecule has 0 amide bonds. The molecule has 0 aliphatic carbocycles. The van der Waals surface area contributed by atoms with Crippen molar-refractivity contribution >= 4 is 11.8 Å². The average molecular weight is 305 g/mol. The highest BCUT2D eigenvalue weighted by molar-refractivity contribution is 7.99. The van der Waals surface area contributed by atoms with Gasteiger partial charge < -0.3 is 5.32 Å². The summed E-state index contributed by atoms with van der Waals surface area (Å²) in [7, 11) is 0. The van der Waals surface area contributed by atoms with Gasteiger partial charge in [0, 0.05) is 19.1 Å². The van der Waals surface area contributed by atoms with Crippen LogP contribution in [0.25, 0.3) is 0 Å². The lowest BCUT2D eigenvalue weighted by molar-refractivity contribution is 0.162. The summed E-state index contributed by atoms with van der Waals surface area (Å²) in [5.41, 5.74) is 1.45. The second kappa shape index (κ2) is 8.21. The first-order valence-corrected chi connectivity index (χ1v) is 9.63. The maximum Gasteiger partial charge on any atom is 0.0233 e. The van der Waals surface area contributed by atoms with Crippen molar-refractivity contribution in [2.24, 2.45) is 5.92 Å². The zero-order valence-electron chi connectivity index (χ0n) is 13.0. The van der Waals surface area contributed by atoms with Gasteiger partial charge in [-0.05, 0) is 61.8 Å². The van der Waals surface area contributed by atoms with Crippen LogP contribution in [0.5, 0.6) is 0 Å². The van der Waals surface area contributed by atoms with Gasteiger partial charge in [-0.25, -0.2) is 0 Å². The molecule has 2 nitrogen and oxygen atoms in total. The minimum absolute atomic E-state index is 0.788. The summed E-state index contributed by atoms with van der Waals surface area (Å²) in [6.45, 7) is 4.88. The van der Waals surface area contributed by atoms with Crippen LogP contribution < -0.4 is 5.32 Å². The normalized spacial score (nSPS) is 25.0. The number of rotatable bonds is 5. The second-order valence-corrected chi connectivity index (χ2v) is 7.75. The highest BCUT2D eigenvalue weighted by Gasteiger charge is 2.21. The van der Waals surface area contributed by atoms with Crippen LogP contribution in [0.1, 0.15) is 31.2 Å². The molecule has 0 radical (unpaired) electrons. The molecule has 2 fully saturated rings. The standard InChI is InChI=1S/C18H28N2S/c1-2-5-16(6-3-1)14-20-10-4-7-17(15-20)13-19-18-8-11-21-12-9-18/h1-3,5-6,17-19H,4,7-15H2/t17-/m0/s1. The van der Waals surface area contributed by atoms with Crippen molar-refractivity contribution in [3.05, 3.63) is 35.9 Å². The van der Waals surface area contributed by atoms with E-state index in [1.807, 2.05) is 0 Å². The number of likely N-dealkylation sites (tertiary alicyclic amines) is 1. The van der Waals surface area contributed by atoms with Gasteiger partial charge in [0.25, 0.3) is 0 Å². The van der Waals surface area contributed by atoms with Gasteiger partial charge in [-0.1, -0.05) is 30.3 Å². The molecule has 2 saturated heterocycles. The topological polar surface area (TPSA) is 15.3 Å². The molecule has 0 saturated carbocycles. The summed E-state index contributed by atoms with van der Waals surface area (Å²) in [6.07, 6.45) is 5.50. The summed E-state index contributed by atoms with van der Waals surface area (Å²) in [4.78, 5) is 2.64. The molecule has 1 atom stereocenters. The van der Waals surface area contributed by atoms with E-state index in [9.17, 15) is 0 Å². The van der Waals surface area contributed by atoms with Crippen molar-refractivity contribution < 1.29 is 0 Å². The van der Waals surface area contributed by atoms with Crippen molar-refractivity contribution in [2.75, 3.05) is 31.1 Å². The SMILES string of the molecule is c1ccc(CN2CCC[C@@H](CNC3CCSCC3)C2)cc1. The molecule has 2 heterocycles. The third-order valence-electron chi connectivity index (χ3n) is 4.77. The number of hydrogen-bond acceptors (Lipinski definition) is 3. The van der Waals surface area contributed by atoms with Crippen LogP contribution in [-0.2, 0) is 6.54 Å². The fourth-order valence-electron chi connectivity index (χ4n) is 3.54. The van der Waals surface area contributed by atoms with Crippen LogP contribution in [0.3, 0.4) is 0 Å². The predicted molar refractivity (Wildman–Crippen MR) is 92.8 cm³/mol. The Morgan fingerprint density at radius 1 is 1.10 bits per heavy atom. The van der Waals surface area contributed by atoms with E-state index in [0.29, 0.717) is 0 Å². The highest BCUT2D eigenvalue weighted by Crippen LogP contribution is 2.20. The first-order valence-electron chi connectivity index (χ1n) is 8.47. The van der Waals surface area contributed by atoms with Crippen molar-refractivity contribution in [2.45, 2.75) is 38.3 Å². The van der Waals surface area contributed by atoms with Crippen molar-refractivity contribution in [1.29, 1.82) is 0 Å². The Morgan fingerprint density at radius 3 is 2.71 bits per heavy atom. The lowest BCUT2D eigenvalue weighted by atomic mass is 9.97. The molecule has 3 heteroatoms. The Labute approximate surface area is 133 Å². The number of thioether (sulfide) groups is 1. The third-order valence-corrected chi connectivity index (χ3v) is 5.82. The van der Waals surface area contributed by atoms with Gasteiger partial charge in [-0.15, -0.1) is 0 Å². The number of benzene rings is 1. The molecule has 0 bridgehead atoms. The molecule has 0 spiro atoms. The van der Waals surface area contributed by atoms with Gasteiger partial charge in [0.1, 0.15) is 0 Å². The van der Waals surface area contributed by atoms with Gasteiger partial charge in [0.05, 0.1) is 0 Å². The van der Waals surface area contributed by atoms with Crippen LogP contribution in [-0.4, -0.2) is 42.1 Å². The van der Waals surface area contributed by atoms with Crippen LogP contribution in [0.2, 0.25) is 0 Å². The lowest BCUT2D eigenvalue weighted by Gasteiger charge is -2.34. The number of nitrogens with zero attached hydrogens (tertiary/aromatic N) is 1. The van der Waals surface area contributed by atoms with Crippen LogP contribution in [0.4, 0.5) is 0 Å². The Hall–Kier alpha value is -0.510. The van der Waals surface area contributed by atoms with E-state index in [2.05, 4.69) is 52.3 Å². The molecule has 3 rings (SSSR count). The van der Waals surface area contributed by atoms with E-state index < -0.39 is 0 Å². The zero-order valence-corrected chi connectivity index (χ0v) is 13.8. The van der Waals surface area contributed by atoms with Crippen LogP contribution in [0, 0.1) is 5.92 Å². The van der Waals surface area contributed by atoms with Gasteiger partial charge in [-0.3, -0.25) is 4.90 Å². The Bertz CT molecular complexity index is 403. The number of hydrogen-bond donors (Lipinski definition) is 1. The summed E-state index contributed by atoms with van der Waals surface area (Å²) in [5, 5.41) is 3.84. The quantitative estimate of drug-likeness (QED) is 0.898. The smallest absolute Gasteiger partial charge is 0.0233 e. The minimum Gasteiger partial charge on any atom is -0.314 e. The molecular formula is C18H28N2S. The maximum absolute atomic E-state index is 3.84. The number of piperidine rings is 1. The summed E-state index contributed by atoms with van der Waals surface area (Å²) >= 11 is 2.11. The van der Waals surface area contributed by atoms with E-state index in [-0.39, 0.29) is 0 Å². The first kappa shape index (κ1) is 15.4. The Morgan fingerprint density at radius 2 is 1.90 bits per heavy atom. The van der Waals surface area contributed by atoms with Gasteiger partial charge in [0.2, 0.25) is 0 Å². The molecule has 1 N–H and O–H groups in total. The average Bonchev–Trinajstić information content (AvgIpc) is 2.55. The molecular weight excluding hydrogens is 276 g/mol. The maximum atomic E-state index is 3.84. The molecule has 1 aromatic rings. The zero-order chi connectivity index (χ0) is 14.3. The fraction of sp³-hybridized carbons (Fsp3) is 0.667. The van der Waals surface area contributed by atoms with Gasteiger partial charge in [-0.2, -0.15) is 11.8 Å².